The quantitative estimate of drug-likeness (QED) is 0.787. The minimum atomic E-state index is 0.0900. The summed E-state index contributed by atoms with van der Waals surface area (Å²) in [6.07, 6.45) is 2.58. The fourth-order valence-electron chi connectivity index (χ4n) is 2.56. The van der Waals surface area contributed by atoms with Crippen molar-refractivity contribution >= 4 is 0 Å². The van der Waals surface area contributed by atoms with E-state index in [2.05, 4.69) is 36.5 Å². The lowest BCUT2D eigenvalue weighted by Gasteiger charge is -2.41. The SMILES string of the molecule is CC1(OC2Cc3ccccc3C2)CNC1. The van der Waals surface area contributed by atoms with Crippen molar-refractivity contribution in [3.63, 3.8) is 0 Å². The second-order valence-electron chi connectivity index (χ2n) is 4.97. The third kappa shape index (κ3) is 1.68. The van der Waals surface area contributed by atoms with Crippen LogP contribution in [-0.2, 0) is 17.6 Å². The molecule has 1 aliphatic carbocycles. The number of rotatable bonds is 2. The van der Waals surface area contributed by atoms with E-state index in [0.717, 1.165) is 25.9 Å². The molecule has 1 fully saturated rings. The Morgan fingerprint density at radius 3 is 2.27 bits per heavy atom. The first-order valence-corrected chi connectivity index (χ1v) is 5.70. The van der Waals surface area contributed by atoms with Gasteiger partial charge in [0.25, 0.3) is 0 Å². The Bertz CT molecular complexity index is 346. The molecule has 1 saturated heterocycles. The van der Waals surface area contributed by atoms with Crippen molar-refractivity contribution < 1.29 is 4.74 Å². The second kappa shape index (κ2) is 3.32. The minimum Gasteiger partial charge on any atom is -0.369 e. The maximum atomic E-state index is 6.15. The van der Waals surface area contributed by atoms with Gasteiger partial charge in [-0.2, -0.15) is 0 Å². The molecule has 0 amide bonds. The van der Waals surface area contributed by atoms with Crippen molar-refractivity contribution in [3.05, 3.63) is 35.4 Å². The highest BCUT2D eigenvalue weighted by atomic mass is 16.5. The summed E-state index contributed by atoms with van der Waals surface area (Å²) in [6.45, 7) is 4.20. The predicted octanol–water partition coefficient (Wildman–Crippen LogP) is 1.53. The molecule has 0 atom stereocenters. The maximum absolute atomic E-state index is 6.15. The highest BCUT2D eigenvalue weighted by Gasteiger charge is 2.36. The van der Waals surface area contributed by atoms with Gasteiger partial charge in [-0.3, -0.25) is 0 Å². The Labute approximate surface area is 90.6 Å². The van der Waals surface area contributed by atoms with E-state index < -0.39 is 0 Å². The summed E-state index contributed by atoms with van der Waals surface area (Å²) in [6, 6.07) is 8.68. The zero-order chi connectivity index (χ0) is 10.3. The summed E-state index contributed by atoms with van der Waals surface area (Å²) in [4.78, 5) is 0. The standard InChI is InChI=1S/C13H17NO/c1-13(8-14-9-13)15-12-6-10-4-2-3-5-11(10)7-12/h2-5,12,14H,6-9H2,1H3. The molecule has 1 heterocycles. The average molecular weight is 203 g/mol. The molecule has 15 heavy (non-hydrogen) atoms. The molecule has 1 aliphatic heterocycles. The Kier molecular flexibility index (Phi) is 2.08. The molecule has 80 valence electrons. The van der Waals surface area contributed by atoms with E-state index in [0.29, 0.717) is 6.10 Å². The summed E-state index contributed by atoms with van der Waals surface area (Å²) in [7, 11) is 0. The van der Waals surface area contributed by atoms with E-state index in [1.807, 2.05) is 0 Å². The van der Waals surface area contributed by atoms with Gasteiger partial charge in [-0.25, -0.2) is 0 Å². The average Bonchev–Trinajstić information content (AvgIpc) is 2.57. The molecular formula is C13H17NO. The van der Waals surface area contributed by atoms with E-state index in [1.54, 1.807) is 0 Å². The zero-order valence-electron chi connectivity index (χ0n) is 9.12. The fraction of sp³-hybridized carbons (Fsp3) is 0.538. The van der Waals surface area contributed by atoms with Crippen molar-refractivity contribution in [1.29, 1.82) is 0 Å². The molecule has 1 aromatic rings. The maximum Gasteiger partial charge on any atom is 0.0905 e. The van der Waals surface area contributed by atoms with E-state index in [1.165, 1.54) is 11.1 Å². The van der Waals surface area contributed by atoms with E-state index >= 15 is 0 Å². The van der Waals surface area contributed by atoms with Crippen molar-refractivity contribution in [2.75, 3.05) is 13.1 Å². The van der Waals surface area contributed by atoms with Gasteiger partial charge in [-0.15, -0.1) is 0 Å². The number of nitrogens with one attached hydrogen (secondary N) is 1. The first kappa shape index (κ1) is 9.37. The van der Waals surface area contributed by atoms with Gasteiger partial charge in [0.15, 0.2) is 0 Å². The van der Waals surface area contributed by atoms with Crippen LogP contribution in [-0.4, -0.2) is 24.8 Å². The molecule has 2 nitrogen and oxygen atoms in total. The van der Waals surface area contributed by atoms with Crippen LogP contribution in [0.4, 0.5) is 0 Å². The third-order valence-electron chi connectivity index (χ3n) is 3.46. The largest absolute Gasteiger partial charge is 0.369 e. The zero-order valence-corrected chi connectivity index (χ0v) is 9.12. The van der Waals surface area contributed by atoms with Crippen molar-refractivity contribution in [1.82, 2.24) is 5.32 Å². The lowest BCUT2D eigenvalue weighted by Crippen LogP contribution is -2.60. The Hall–Kier alpha value is -0.860. The lowest BCUT2D eigenvalue weighted by atomic mass is 9.99. The molecule has 0 unspecified atom stereocenters. The smallest absolute Gasteiger partial charge is 0.0905 e. The van der Waals surface area contributed by atoms with Crippen molar-refractivity contribution in [2.24, 2.45) is 0 Å². The third-order valence-corrected chi connectivity index (χ3v) is 3.46. The van der Waals surface area contributed by atoms with Gasteiger partial charge in [-0.1, -0.05) is 24.3 Å². The summed E-state index contributed by atoms with van der Waals surface area (Å²) < 4.78 is 6.15. The molecule has 1 aromatic carbocycles. The van der Waals surface area contributed by atoms with Gasteiger partial charge in [0.05, 0.1) is 11.7 Å². The summed E-state index contributed by atoms with van der Waals surface area (Å²) in [5.41, 5.74) is 3.03. The van der Waals surface area contributed by atoms with Gasteiger partial charge < -0.3 is 10.1 Å². The van der Waals surface area contributed by atoms with E-state index in [9.17, 15) is 0 Å². The number of benzene rings is 1. The van der Waals surface area contributed by atoms with Crippen LogP contribution in [0.25, 0.3) is 0 Å². The number of ether oxygens (including phenoxy) is 1. The van der Waals surface area contributed by atoms with Crippen LogP contribution in [0, 0.1) is 0 Å². The second-order valence-corrected chi connectivity index (χ2v) is 4.97. The van der Waals surface area contributed by atoms with Gasteiger partial charge in [-0.05, 0) is 30.9 Å². The van der Waals surface area contributed by atoms with Crippen LogP contribution >= 0.6 is 0 Å². The molecule has 2 aliphatic rings. The van der Waals surface area contributed by atoms with Crippen molar-refractivity contribution in [2.45, 2.75) is 31.5 Å². The van der Waals surface area contributed by atoms with Gasteiger partial charge in [0, 0.05) is 13.1 Å². The number of hydrogen-bond acceptors (Lipinski definition) is 2. The lowest BCUT2D eigenvalue weighted by molar-refractivity contribution is -0.107. The monoisotopic (exact) mass is 203 g/mol. The minimum absolute atomic E-state index is 0.0900. The normalized spacial score (nSPS) is 23.5. The number of hydrogen-bond donors (Lipinski definition) is 1. The molecular weight excluding hydrogens is 186 g/mol. The molecule has 0 spiro atoms. The van der Waals surface area contributed by atoms with E-state index in [-0.39, 0.29) is 5.60 Å². The fourth-order valence-corrected chi connectivity index (χ4v) is 2.56. The molecule has 0 saturated carbocycles. The molecule has 1 N–H and O–H groups in total. The van der Waals surface area contributed by atoms with Gasteiger partial charge >= 0.3 is 0 Å². The molecule has 0 radical (unpaired) electrons. The Morgan fingerprint density at radius 1 is 1.20 bits per heavy atom. The first-order chi connectivity index (χ1) is 7.25. The highest BCUT2D eigenvalue weighted by Crippen LogP contribution is 2.28. The summed E-state index contributed by atoms with van der Waals surface area (Å²) in [5.74, 6) is 0. The van der Waals surface area contributed by atoms with Crippen LogP contribution in [0.5, 0.6) is 0 Å². The highest BCUT2D eigenvalue weighted by molar-refractivity contribution is 5.32. The van der Waals surface area contributed by atoms with Gasteiger partial charge in [0.1, 0.15) is 0 Å². The molecule has 3 rings (SSSR count). The molecule has 0 aromatic heterocycles. The van der Waals surface area contributed by atoms with Crippen LogP contribution in [0.15, 0.2) is 24.3 Å². The summed E-state index contributed by atoms with van der Waals surface area (Å²) >= 11 is 0. The van der Waals surface area contributed by atoms with Crippen LogP contribution in [0.1, 0.15) is 18.1 Å². The van der Waals surface area contributed by atoms with E-state index in [4.69, 9.17) is 4.74 Å². The number of fused-ring (bicyclic) bond motifs is 1. The van der Waals surface area contributed by atoms with Crippen LogP contribution in [0.3, 0.4) is 0 Å². The first-order valence-electron chi connectivity index (χ1n) is 5.70. The topological polar surface area (TPSA) is 21.3 Å². The molecule has 2 heteroatoms. The summed E-state index contributed by atoms with van der Waals surface area (Å²) in [5, 5.41) is 3.27. The Morgan fingerprint density at radius 2 is 1.80 bits per heavy atom. The van der Waals surface area contributed by atoms with Crippen LogP contribution in [0.2, 0.25) is 0 Å². The molecule has 0 bridgehead atoms. The predicted molar refractivity (Wildman–Crippen MR) is 60.0 cm³/mol. The van der Waals surface area contributed by atoms with Gasteiger partial charge in [0.2, 0.25) is 0 Å². The van der Waals surface area contributed by atoms with Crippen LogP contribution < -0.4 is 5.32 Å². The van der Waals surface area contributed by atoms with Crippen molar-refractivity contribution in [3.8, 4) is 0 Å². The Balaban J connectivity index is 1.68.